The maximum absolute atomic E-state index is 12.7. The average Bonchev–Trinajstić information content (AvgIpc) is 3.08. The van der Waals surface area contributed by atoms with Crippen LogP contribution in [-0.4, -0.2) is 63.1 Å². The molecule has 0 unspecified atom stereocenters. The number of aliphatic carboxylic acids is 1. The fraction of sp³-hybridized carbons (Fsp3) is 0.733. The van der Waals surface area contributed by atoms with Gasteiger partial charge in [-0.2, -0.15) is 0 Å². The molecule has 2 rings (SSSR count). The number of carboxylic acid groups (broad SMARTS) is 1. The molecule has 4 N–H and O–H groups in total. The Bertz CT molecular complexity index is 569. The molecule has 2 heterocycles. The van der Waals surface area contributed by atoms with Gasteiger partial charge >= 0.3 is 5.97 Å². The summed E-state index contributed by atoms with van der Waals surface area (Å²) in [5, 5.41) is 20.4. The van der Waals surface area contributed by atoms with Crippen molar-refractivity contribution in [3.63, 3.8) is 0 Å². The van der Waals surface area contributed by atoms with Gasteiger partial charge in [-0.1, -0.05) is 25.5 Å². The third-order valence-electron chi connectivity index (χ3n) is 4.53. The summed E-state index contributed by atoms with van der Waals surface area (Å²) in [4.78, 5) is 25.6. The molecular formula is C15H26N6O3. The first kappa shape index (κ1) is 18.3. The number of amides is 1. The highest BCUT2D eigenvalue weighted by molar-refractivity contribution is 5.84. The topological polar surface area (TPSA) is 126 Å². The molecule has 1 aromatic heterocycles. The van der Waals surface area contributed by atoms with Gasteiger partial charge in [0.2, 0.25) is 5.91 Å². The molecule has 1 aliphatic heterocycles. The van der Waals surface area contributed by atoms with Crippen LogP contribution in [-0.2, 0) is 9.59 Å². The van der Waals surface area contributed by atoms with Crippen molar-refractivity contribution in [3.05, 3.63) is 11.9 Å². The molecule has 0 saturated carbocycles. The van der Waals surface area contributed by atoms with Crippen LogP contribution in [0.25, 0.3) is 0 Å². The molecule has 24 heavy (non-hydrogen) atoms. The molecule has 1 amide bonds. The van der Waals surface area contributed by atoms with Gasteiger partial charge in [0.05, 0.1) is 24.4 Å². The van der Waals surface area contributed by atoms with Gasteiger partial charge in [0.1, 0.15) is 6.04 Å². The predicted octanol–water partition coefficient (Wildman–Crippen LogP) is -0.228. The largest absolute Gasteiger partial charge is 0.481 e. The second-order valence-electron chi connectivity index (χ2n) is 6.22. The molecule has 0 radical (unpaired) electrons. The van der Waals surface area contributed by atoms with E-state index in [1.165, 1.54) is 4.68 Å². The quantitative estimate of drug-likeness (QED) is 0.627. The average molecular weight is 338 g/mol. The number of rotatable bonds is 7. The van der Waals surface area contributed by atoms with Crippen LogP contribution in [0, 0.1) is 5.92 Å². The highest BCUT2D eigenvalue weighted by Crippen LogP contribution is 2.22. The van der Waals surface area contributed by atoms with Gasteiger partial charge < -0.3 is 21.1 Å². The van der Waals surface area contributed by atoms with Crippen molar-refractivity contribution in [1.29, 1.82) is 0 Å². The van der Waals surface area contributed by atoms with Crippen molar-refractivity contribution in [3.8, 4) is 0 Å². The minimum Gasteiger partial charge on any atom is -0.481 e. The van der Waals surface area contributed by atoms with Gasteiger partial charge in [-0.15, -0.1) is 5.10 Å². The van der Waals surface area contributed by atoms with Crippen LogP contribution in [0.1, 0.15) is 44.5 Å². The Hall–Kier alpha value is -2.00. The SMILES string of the molecule is CC[C@H](C)[C@H](N)c1cn([C@@H](CC(=O)O)C(=O)N2CCNCC2)nn1. The monoisotopic (exact) mass is 338 g/mol. The zero-order chi connectivity index (χ0) is 17.7. The lowest BCUT2D eigenvalue weighted by molar-refractivity contribution is -0.144. The van der Waals surface area contributed by atoms with Crippen molar-refractivity contribution in [2.24, 2.45) is 11.7 Å². The number of aromatic nitrogens is 3. The van der Waals surface area contributed by atoms with E-state index in [-0.39, 0.29) is 24.3 Å². The van der Waals surface area contributed by atoms with Gasteiger partial charge in [0, 0.05) is 26.2 Å². The molecule has 3 atom stereocenters. The maximum Gasteiger partial charge on any atom is 0.306 e. The summed E-state index contributed by atoms with van der Waals surface area (Å²) in [6, 6.07) is -1.19. The fourth-order valence-electron chi connectivity index (χ4n) is 2.70. The summed E-state index contributed by atoms with van der Waals surface area (Å²) >= 11 is 0. The molecule has 9 heteroatoms. The minimum absolute atomic E-state index is 0.219. The highest BCUT2D eigenvalue weighted by Gasteiger charge is 2.30. The highest BCUT2D eigenvalue weighted by atomic mass is 16.4. The van der Waals surface area contributed by atoms with Gasteiger partial charge in [-0.25, -0.2) is 4.68 Å². The first-order valence-corrected chi connectivity index (χ1v) is 8.32. The summed E-state index contributed by atoms with van der Waals surface area (Å²) in [7, 11) is 0. The molecule has 9 nitrogen and oxygen atoms in total. The lowest BCUT2D eigenvalue weighted by Gasteiger charge is -2.30. The van der Waals surface area contributed by atoms with Gasteiger partial charge in [-0.05, 0) is 5.92 Å². The van der Waals surface area contributed by atoms with Crippen LogP contribution < -0.4 is 11.1 Å². The number of nitrogens with zero attached hydrogens (tertiary/aromatic N) is 4. The third kappa shape index (κ3) is 4.30. The van der Waals surface area contributed by atoms with Crippen LogP contribution in [0.3, 0.4) is 0 Å². The van der Waals surface area contributed by atoms with E-state index in [1.54, 1.807) is 11.1 Å². The molecule has 0 spiro atoms. The Morgan fingerprint density at radius 2 is 2.08 bits per heavy atom. The molecule has 134 valence electrons. The summed E-state index contributed by atoms with van der Waals surface area (Å²) in [6.45, 7) is 6.58. The van der Waals surface area contributed by atoms with Crippen LogP contribution in [0.4, 0.5) is 0 Å². The standard InChI is InChI=1S/C15H26N6O3/c1-3-10(2)14(16)11-9-21(19-18-11)12(8-13(22)23)15(24)20-6-4-17-5-7-20/h9-10,12,14,17H,3-8,16H2,1-2H3,(H,22,23)/t10-,12-,14-/m0/s1. The number of carboxylic acids is 1. The molecule has 1 aromatic rings. The molecule has 0 aliphatic carbocycles. The predicted molar refractivity (Wildman–Crippen MR) is 87.1 cm³/mol. The molecular weight excluding hydrogens is 312 g/mol. The summed E-state index contributed by atoms with van der Waals surface area (Å²) in [5.74, 6) is -1.07. The van der Waals surface area contributed by atoms with E-state index in [9.17, 15) is 9.59 Å². The Morgan fingerprint density at radius 3 is 2.67 bits per heavy atom. The van der Waals surface area contributed by atoms with E-state index in [4.69, 9.17) is 10.8 Å². The lowest BCUT2D eigenvalue weighted by Crippen LogP contribution is -2.49. The van der Waals surface area contributed by atoms with Crippen molar-refractivity contribution < 1.29 is 14.7 Å². The van der Waals surface area contributed by atoms with E-state index >= 15 is 0 Å². The van der Waals surface area contributed by atoms with E-state index in [2.05, 4.69) is 15.6 Å². The van der Waals surface area contributed by atoms with E-state index in [1.807, 2.05) is 13.8 Å². The second-order valence-corrected chi connectivity index (χ2v) is 6.22. The second kappa shape index (κ2) is 8.20. The number of carbonyl (C=O) groups is 2. The Kier molecular flexibility index (Phi) is 6.27. The summed E-state index contributed by atoms with van der Waals surface area (Å²) < 4.78 is 1.34. The molecule has 0 bridgehead atoms. The molecule has 1 saturated heterocycles. The molecule has 1 fully saturated rings. The van der Waals surface area contributed by atoms with Crippen molar-refractivity contribution >= 4 is 11.9 Å². The van der Waals surface area contributed by atoms with Crippen LogP contribution >= 0.6 is 0 Å². The number of nitrogens with two attached hydrogens (primary N) is 1. The Morgan fingerprint density at radius 1 is 1.42 bits per heavy atom. The number of carbonyl (C=O) groups excluding carboxylic acids is 1. The molecule has 0 aromatic carbocycles. The number of hydrogen-bond donors (Lipinski definition) is 3. The zero-order valence-electron chi connectivity index (χ0n) is 14.2. The van der Waals surface area contributed by atoms with Gasteiger partial charge in [0.25, 0.3) is 0 Å². The number of hydrogen-bond acceptors (Lipinski definition) is 6. The van der Waals surface area contributed by atoms with E-state index in [0.29, 0.717) is 31.9 Å². The summed E-state index contributed by atoms with van der Waals surface area (Å²) in [5.41, 5.74) is 6.72. The smallest absolute Gasteiger partial charge is 0.306 e. The van der Waals surface area contributed by atoms with E-state index in [0.717, 1.165) is 6.42 Å². The number of piperazine rings is 1. The normalized spacial score (nSPS) is 18.9. The van der Waals surface area contributed by atoms with Gasteiger partial charge in [-0.3, -0.25) is 9.59 Å². The van der Waals surface area contributed by atoms with Crippen LogP contribution in [0.5, 0.6) is 0 Å². The van der Waals surface area contributed by atoms with Crippen LogP contribution in [0.15, 0.2) is 6.20 Å². The van der Waals surface area contributed by atoms with Crippen LogP contribution in [0.2, 0.25) is 0 Å². The fourth-order valence-corrected chi connectivity index (χ4v) is 2.70. The first-order valence-electron chi connectivity index (χ1n) is 8.32. The zero-order valence-corrected chi connectivity index (χ0v) is 14.2. The summed E-state index contributed by atoms with van der Waals surface area (Å²) in [6.07, 6.45) is 2.17. The Balaban J connectivity index is 2.19. The van der Waals surface area contributed by atoms with Crippen molar-refractivity contribution in [2.75, 3.05) is 26.2 Å². The lowest BCUT2D eigenvalue weighted by atomic mass is 9.98. The maximum atomic E-state index is 12.7. The Labute approximate surface area is 141 Å². The number of nitrogens with one attached hydrogen (secondary N) is 1. The van der Waals surface area contributed by atoms with Crippen molar-refractivity contribution in [1.82, 2.24) is 25.2 Å². The van der Waals surface area contributed by atoms with E-state index < -0.39 is 12.0 Å². The van der Waals surface area contributed by atoms with Gasteiger partial charge in [0.15, 0.2) is 0 Å². The molecule has 1 aliphatic rings. The third-order valence-corrected chi connectivity index (χ3v) is 4.53. The minimum atomic E-state index is -1.05. The first-order chi connectivity index (χ1) is 11.4. The van der Waals surface area contributed by atoms with Crippen molar-refractivity contribution in [2.45, 2.75) is 38.8 Å².